The third-order valence-electron chi connectivity index (χ3n) is 2.68. The maximum absolute atomic E-state index is 9.88. The van der Waals surface area contributed by atoms with E-state index < -0.39 is 0 Å². The molecule has 0 bridgehead atoms. The number of fused-ring (bicyclic) bond motifs is 1. The van der Waals surface area contributed by atoms with Gasteiger partial charge in [0.05, 0.1) is 5.69 Å². The van der Waals surface area contributed by atoms with Gasteiger partial charge in [0.25, 0.3) is 0 Å². The van der Waals surface area contributed by atoms with Crippen molar-refractivity contribution in [3.8, 4) is 17.1 Å². The normalized spacial score (nSPS) is 10.6. The van der Waals surface area contributed by atoms with E-state index in [2.05, 4.69) is 9.97 Å². The van der Waals surface area contributed by atoms with Crippen molar-refractivity contribution in [1.29, 1.82) is 0 Å². The summed E-state index contributed by atoms with van der Waals surface area (Å²) < 4.78 is 0. The monoisotopic (exact) mass is 222 g/mol. The highest BCUT2D eigenvalue weighted by molar-refractivity contribution is 5.89. The molecular formula is C14H10N2O. The van der Waals surface area contributed by atoms with Crippen molar-refractivity contribution in [2.24, 2.45) is 0 Å². The number of benzene rings is 1. The average Bonchev–Trinajstić information content (AvgIpc) is 2.40. The Morgan fingerprint density at radius 1 is 1.00 bits per heavy atom. The van der Waals surface area contributed by atoms with E-state index in [1.165, 1.54) is 0 Å². The van der Waals surface area contributed by atoms with Crippen LogP contribution in [0.1, 0.15) is 0 Å². The number of rotatable bonds is 1. The molecule has 0 unspecified atom stereocenters. The Balaban J connectivity index is 2.26. The fraction of sp³-hybridized carbons (Fsp3) is 0. The maximum atomic E-state index is 9.88. The molecule has 1 N–H and O–H groups in total. The van der Waals surface area contributed by atoms with Gasteiger partial charge in [0, 0.05) is 23.3 Å². The van der Waals surface area contributed by atoms with Crippen molar-refractivity contribution < 1.29 is 5.11 Å². The SMILES string of the molecule is Oc1nc(-c2cccnc2)cc2ccccc12. The van der Waals surface area contributed by atoms with Gasteiger partial charge < -0.3 is 5.11 Å². The first kappa shape index (κ1) is 9.78. The van der Waals surface area contributed by atoms with Crippen LogP contribution in [-0.4, -0.2) is 15.1 Å². The van der Waals surface area contributed by atoms with Crippen LogP contribution < -0.4 is 0 Å². The van der Waals surface area contributed by atoms with E-state index in [0.29, 0.717) is 0 Å². The first-order chi connectivity index (χ1) is 8.34. The van der Waals surface area contributed by atoms with Crippen LogP contribution in [0.5, 0.6) is 5.88 Å². The molecule has 3 aromatic rings. The van der Waals surface area contributed by atoms with Gasteiger partial charge >= 0.3 is 0 Å². The van der Waals surface area contributed by atoms with Crippen LogP contribution in [-0.2, 0) is 0 Å². The topological polar surface area (TPSA) is 46.0 Å². The maximum Gasteiger partial charge on any atom is 0.219 e. The molecule has 0 saturated heterocycles. The zero-order chi connectivity index (χ0) is 11.7. The second-order valence-corrected chi connectivity index (χ2v) is 3.79. The summed E-state index contributed by atoms with van der Waals surface area (Å²) in [7, 11) is 0. The second-order valence-electron chi connectivity index (χ2n) is 3.79. The Morgan fingerprint density at radius 3 is 2.71 bits per heavy atom. The lowest BCUT2D eigenvalue weighted by molar-refractivity contribution is 0.461. The predicted molar refractivity (Wildman–Crippen MR) is 66.6 cm³/mol. The summed E-state index contributed by atoms with van der Waals surface area (Å²) in [6, 6.07) is 13.3. The smallest absolute Gasteiger partial charge is 0.219 e. The van der Waals surface area contributed by atoms with Gasteiger partial charge in [0.2, 0.25) is 5.88 Å². The van der Waals surface area contributed by atoms with Crippen molar-refractivity contribution >= 4 is 10.8 Å². The van der Waals surface area contributed by atoms with Gasteiger partial charge in [-0.15, -0.1) is 0 Å². The number of pyridine rings is 2. The fourth-order valence-corrected chi connectivity index (χ4v) is 1.84. The Labute approximate surface area is 98.4 Å². The Bertz CT molecular complexity index is 665. The van der Waals surface area contributed by atoms with Gasteiger partial charge in [-0.1, -0.05) is 18.2 Å². The van der Waals surface area contributed by atoms with E-state index in [9.17, 15) is 5.11 Å². The molecular weight excluding hydrogens is 212 g/mol. The number of aromatic hydroxyl groups is 1. The Morgan fingerprint density at radius 2 is 1.88 bits per heavy atom. The van der Waals surface area contributed by atoms with Gasteiger partial charge in [0.1, 0.15) is 0 Å². The molecule has 1 aromatic carbocycles. The van der Waals surface area contributed by atoms with Gasteiger partial charge in [-0.2, -0.15) is 0 Å². The zero-order valence-electron chi connectivity index (χ0n) is 9.04. The van der Waals surface area contributed by atoms with Crippen molar-refractivity contribution in [1.82, 2.24) is 9.97 Å². The third-order valence-corrected chi connectivity index (χ3v) is 2.68. The molecule has 17 heavy (non-hydrogen) atoms. The summed E-state index contributed by atoms with van der Waals surface area (Å²) >= 11 is 0. The quantitative estimate of drug-likeness (QED) is 0.688. The van der Waals surface area contributed by atoms with Crippen LogP contribution in [0.3, 0.4) is 0 Å². The molecule has 0 spiro atoms. The van der Waals surface area contributed by atoms with Crippen molar-refractivity contribution in [3.05, 3.63) is 54.9 Å². The summed E-state index contributed by atoms with van der Waals surface area (Å²) in [5, 5.41) is 11.6. The molecule has 3 rings (SSSR count). The molecule has 2 aromatic heterocycles. The number of aromatic nitrogens is 2. The van der Waals surface area contributed by atoms with Crippen LogP contribution in [0.25, 0.3) is 22.0 Å². The lowest BCUT2D eigenvalue weighted by Crippen LogP contribution is -1.86. The first-order valence-corrected chi connectivity index (χ1v) is 5.34. The minimum absolute atomic E-state index is 0.0574. The molecule has 3 nitrogen and oxygen atoms in total. The highest BCUT2D eigenvalue weighted by Crippen LogP contribution is 2.27. The van der Waals surface area contributed by atoms with Crippen molar-refractivity contribution in [3.63, 3.8) is 0 Å². The van der Waals surface area contributed by atoms with Crippen LogP contribution >= 0.6 is 0 Å². The predicted octanol–water partition coefficient (Wildman–Crippen LogP) is 3.00. The van der Waals surface area contributed by atoms with Gasteiger partial charge in [-0.25, -0.2) is 4.98 Å². The lowest BCUT2D eigenvalue weighted by atomic mass is 10.1. The largest absolute Gasteiger partial charge is 0.493 e. The van der Waals surface area contributed by atoms with E-state index in [1.54, 1.807) is 12.4 Å². The molecule has 0 aliphatic heterocycles. The fourth-order valence-electron chi connectivity index (χ4n) is 1.84. The van der Waals surface area contributed by atoms with E-state index in [0.717, 1.165) is 22.0 Å². The summed E-state index contributed by atoms with van der Waals surface area (Å²) in [6.07, 6.45) is 3.45. The van der Waals surface area contributed by atoms with Gasteiger partial charge in [-0.05, 0) is 29.7 Å². The van der Waals surface area contributed by atoms with Crippen LogP contribution in [0, 0.1) is 0 Å². The van der Waals surface area contributed by atoms with E-state index in [4.69, 9.17) is 0 Å². The Kier molecular flexibility index (Phi) is 2.22. The van der Waals surface area contributed by atoms with Crippen LogP contribution in [0.2, 0.25) is 0 Å². The minimum Gasteiger partial charge on any atom is -0.493 e. The average molecular weight is 222 g/mol. The molecule has 3 heteroatoms. The molecule has 0 aliphatic carbocycles. The summed E-state index contributed by atoms with van der Waals surface area (Å²) in [4.78, 5) is 8.24. The molecule has 0 saturated carbocycles. The number of hydrogen-bond acceptors (Lipinski definition) is 3. The Hall–Kier alpha value is -2.42. The highest BCUT2D eigenvalue weighted by atomic mass is 16.3. The van der Waals surface area contributed by atoms with Gasteiger partial charge in [0.15, 0.2) is 0 Å². The van der Waals surface area contributed by atoms with Crippen molar-refractivity contribution in [2.75, 3.05) is 0 Å². The summed E-state index contributed by atoms with van der Waals surface area (Å²) in [5.74, 6) is 0.0574. The van der Waals surface area contributed by atoms with Crippen LogP contribution in [0.15, 0.2) is 54.9 Å². The molecule has 0 atom stereocenters. The zero-order valence-corrected chi connectivity index (χ0v) is 9.04. The van der Waals surface area contributed by atoms with Gasteiger partial charge in [-0.3, -0.25) is 4.98 Å². The number of hydrogen-bond donors (Lipinski definition) is 1. The minimum atomic E-state index is 0.0574. The standard InChI is InChI=1S/C14H10N2O/c17-14-12-6-2-1-4-10(12)8-13(16-14)11-5-3-7-15-9-11/h1-9H,(H,16,17). The van der Waals surface area contributed by atoms with Crippen LogP contribution in [0.4, 0.5) is 0 Å². The molecule has 0 radical (unpaired) electrons. The van der Waals surface area contributed by atoms with E-state index in [-0.39, 0.29) is 5.88 Å². The molecule has 0 amide bonds. The second kappa shape index (κ2) is 3.87. The molecule has 2 heterocycles. The molecule has 0 fully saturated rings. The summed E-state index contributed by atoms with van der Waals surface area (Å²) in [5.41, 5.74) is 1.63. The lowest BCUT2D eigenvalue weighted by Gasteiger charge is -2.04. The molecule has 82 valence electrons. The van der Waals surface area contributed by atoms with E-state index >= 15 is 0 Å². The number of nitrogens with zero attached hydrogens (tertiary/aromatic N) is 2. The third kappa shape index (κ3) is 1.72. The molecule has 0 aliphatic rings. The summed E-state index contributed by atoms with van der Waals surface area (Å²) in [6.45, 7) is 0. The van der Waals surface area contributed by atoms with Crippen molar-refractivity contribution in [2.45, 2.75) is 0 Å². The van der Waals surface area contributed by atoms with E-state index in [1.807, 2.05) is 42.5 Å². The first-order valence-electron chi connectivity index (χ1n) is 5.34. The highest BCUT2D eigenvalue weighted by Gasteiger charge is 2.05.